The third-order valence-electron chi connectivity index (χ3n) is 5.01. The molecule has 0 aliphatic carbocycles. The van der Waals surface area contributed by atoms with Gasteiger partial charge >= 0.3 is 5.69 Å². The van der Waals surface area contributed by atoms with Crippen molar-refractivity contribution in [3.05, 3.63) is 81.0 Å². The van der Waals surface area contributed by atoms with Crippen molar-refractivity contribution in [3.63, 3.8) is 0 Å². The molecule has 0 radical (unpaired) electrons. The predicted octanol–water partition coefficient (Wildman–Crippen LogP) is 2.84. The first-order chi connectivity index (χ1) is 16.0. The summed E-state index contributed by atoms with van der Waals surface area (Å²) in [4.78, 5) is 46.3. The Bertz CT molecular complexity index is 1360. The molecule has 10 heteroatoms. The Labute approximate surface area is 193 Å². The van der Waals surface area contributed by atoms with Crippen molar-refractivity contribution in [3.8, 4) is 0 Å². The van der Waals surface area contributed by atoms with E-state index in [4.69, 9.17) is 10.2 Å². The van der Waals surface area contributed by atoms with Gasteiger partial charge in [-0.25, -0.2) is 9.78 Å². The average Bonchev–Trinajstić information content (AvgIpc) is 3.23. The number of oxazole rings is 1. The summed E-state index contributed by atoms with van der Waals surface area (Å²) in [6, 6.07) is 16.6. The largest absolute Gasteiger partial charge is 0.431 e. The molecule has 170 valence electrons. The van der Waals surface area contributed by atoms with Crippen molar-refractivity contribution < 1.29 is 9.21 Å². The first-order valence-corrected chi connectivity index (χ1v) is 11.4. The van der Waals surface area contributed by atoms with Crippen molar-refractivity contribution >= 4 is 40.3 Å². The van der Waals surface area contributed by atoms with E-state index in [2.05, 4.69) is 9.97 Å². The van der Waals surface area contributed by atoms with E-state index in [0.717, 1.165) is 17.3 Å². The van der Waals surface area contributed by atoms with Crippen LogP contribution in [-0.4, -0.2) is 32.7 Å². The van der Waals surface area contributed by atoms with Gasteiger partial charge in [0.1, 0.15) is 11.3 Å². The van der Waals surface area contributed by atoms with Crippen LogP contribution in [0.4, 0.5) is 11.5 Å². The van der Waals surface area contributed by atoms with Crippen molar-refractivity contribution in [1.82, 2.24) is 14.5 Å². The number of anilines is 2. The molecule has 2 aromatic heterocycles. The Hall–Kier alpha value is -3.79. The molecular formula is C23H23N5O4S. The van der Waals surface area contributed by atoms with Crippen LogP contribution in [0.1, 0.15) is 18.9 Å². The molecule has 0 aliphatic rings. The van der Waals surface area contributed by atoms with Gasteiger partial charge < -0.3 is 15.1 Å². The summed E-state index contributed by atoms with van der Waals surface area (Å²) < 4.78 is 6.92. The maximum atomic E-state index is 13.1. The van der Waals surface area contributed by atoms with Crippen LogP contribution in [-0.2, 0) is 11.3 Å². The molecule has 0 bridgehead atoms. The summed E-state index contributed by atoms with van der Waals surface area (Å²) in [5.41, 5.74) is 7.08. The van der Waals surface area contributed by atoms with Crippen LogP contribution in [0.5, 0.6) is 0 Å². The molecule has 2 aromatic carbocycles. The molecule has 0 spiro atoms. The van der Waals surface area contributed by atoms with Crippen LogP contribution in [0.25, 0.3) is 11.1 Å². The van der Waals surface area contributed by atoms with Crippen molar-refractivity contribution in [2.75, 3.05) is 22.9 Å². The Morgan fingerprint density at radius 3 is 2.61 bits per heavy atom. The number of hydrogen-bond donors (Lipinski definition) is 2. The van der Waals surface area contributed by atoms with E-state index < -0.39 is 11.2 Å². The Balaban J connectivity index is 1.62. The highest BCUT2D eigenvalue weighted by molar-refractivity contribution is 7.99. The highest BCUT2D eigenvalue weighted by Crippen LogP contribution is 2.25. The number of fused-ring (bicyclic) bond motifs is 1. The summed E-state index contributed by atoms with van der Waals surface area (Å²) in [7, 11) is 0. The second-order valence-corrected chi connectivity index (χ2v) is 8.27. The number of carbonyl (C=O) groups is 1. The smallest absolute Gasteiger partial charge is 0.330 e. The van der Waals surface area contributed by atoms with Crippen LogP contribution in [0.15, 0.2) is 73.8 Å². The van der Waals surface area contributed by atoms with Crippen LogP contribution in [0.2, 0.25) is 0 Å². The summed E-state index contributed by atoms with van der Waals surface area (Å²) in [5, 5.41) is 0.358. The Morgan fingerprint density at radius 1 is 1.15 bits per heavy atom. The fraction of sp³-hybridized carbons (Fsp3) is 0.217. The van der Waals surface area contributed by atoms with Gasteiger partial charge in [-0.3, -0.25) is 19.1 Å². The molecule has 1 amide bonds. The van der Waals surface area contributed by atoms with Gasteiger partial charge in [0.05, 0.1) is 12.3 Å². The number of para-hydroxylation sites is 2. The number of amides is 1. The van der Waals surface area contributed by atoms with E-state index in [1.165, 1.54) is 9.47 Å². The highest BCUT2D eigenvalue weighted by Gasteiger charge is 2.24. The van der Waals surface area contributed by atoms with E-state index in [1.54, 1.807) is 6.07 Å². The Kier molecular flexibility index (Phi) is 6.64. The number of nitrogens with zero attached hydrogens (tertiary/aromatic N) is 3. The summed E-state index contributed by atoms with van der Waals surface area (Å²) >= 11 is 1.13. The predicted molar refractivity (Wildman–Crippen MR) is 129 cm³/mol. The SMILES string of the molecule is CCCN(C(=O)CSc1nc2ccccc2o1)c1c(N)n(Cc2ccccc2)c(=O)[nH]c1=O. The molecule has 33 heavy (non-hydrogen) atoms. The molecule has 0 saturated heterocycles. The zero-order valence-corrected chi connectivity index (χ0v) is 18.8. The number of nitrogens with two attached hydrogens (primary N) is 1. The van der Waals surface area contributed by atoms with E-state index >= 15 is 0 Å². The fourth-order valence-corrected chi connectivity index (χ4v) is 4.17. The van der Waals surface area contributed by atoms with Gasteiger partial charge in [0.2, 0.25) is 5.91 Å². The van der Waals surface area contributed by atoms with Crippen molar-refractivity contribution in [1.29, 1.82) is 0 Å². The standard InChI is InChI=1S/C23H23N5O4S/c1-2-12-27(18(29)14-33-23-25-16-10-6-7-11-17(16)32-23)19-20(24)28(22(31)26-21(19)30)13-15-8-4-3-5-9-15/h3-11H,2,12-14,24H2,1H3,(H,26,30,31). The number of carbonyl (C=O) groups excluding carboxylic acids is 1. The molecule has 0 unspecified atom stereocenters. The van der Waals surface area contributed by atoms with Gasteiger partial charge in [-0.05, 0) is 24.1 Å². The zero-order chi connectivity index (χ0) is 23.4. The molecule has 0 atom stereocenters. The molecule has 3 N–H and O–H groups in total. The number of aromatic nitrogens is 3. The lowest BCUT2D eigenvalue weighted by molar-refractivity contribution is -0.116. The first-order valence-electron chi connectivity index (χ1n) is 10.4. The zero-order valence-electron chi connectivity index (χ0n) is 18.0. The quantitative estimate of drug-likeness (QED) is 0.383. The van der Waals surface area contributed by atoms with Gasteiger partial charge in [-0.2, -0.15) is 0 Å². The van der Waals surface area contributed by atoms with E-state index in [0.29, 0.717) is 22.7 Å². The molecule has 4 aromatic rings. The number of aromatic amines is 1. The van der Waals surface area contributed by atoms with Gasteiger partial charge in [0.25, 0.3) is 10.8 Å². The molecule has 4 rings (SSSR count). The molecule has 2 heterocycles. The lowest BCUT2D eigenvalue weighted by atomic mass is 10.2. The van der Waals surface area contributed by atoms with Crippen LogP contribution < -0.4 is 21.9 Å². The molecule has 0 saturated carbocycles. The number of thioether (sulfide) groups is 1. The molecule has 0 aliphatic heterocycles. The minimum absolute atomic E-state index is 0.0104. The third-order valence-corrected chi connectivity index (χ3v) is 5.82. The van der Waals surface area contributed by atoms with E-state index in [-0.39, 0.29) is 36.3 Å². The minimum atomic E-state index is -0.699. The van der Waals surface area contributed by atoms with Crippen molar-refractivity contribution in [2.45, 2.75) is 25.1 Å². The van der Waals surface area contributed by atoms with E-state index in [9.17, 15) is 14.4 Å². The van der Waals surface area contributed by atoms with Crippen LogP contribution in [0, 0.1) is 0 Å². The second-order valence-electron chi connectivity index (χ2n) is 7.35. The molecule has 0 fully saturated rings. The number of benzene rings is 2. The van der Waals surface area contributed by atoms with Crippen LogP contribution >= 0.6 is 11.8 Å². The van der Waals surface area contributed by atoms with Gasteiger partial charge in [0, 0.05) is 6.54 Å². The van der Waals surface area contributed by atoms with Gasteiger partial charge in [0.15, 0.2) is 11.3 Å². The normalized spacial score (nSPS) is 11.1. The summed E-state index contributed by atoms with van der Waals surface area (Å²) in [5.74, 6) is -0.406. The maximum Gasteiger partial charge on any atom is 0.330 e. The lowest BCUT2D eigenvalue weighted by Gasteiger charge is -2.24. The number of hydrogen-bond acceptors (Lipinski definition) is 7. The number of nitrogen functional groups attached to an aromatic ring is 1. The molecular weight excluding hydrogens is 442 g/mol. The molecule has 9 nitrogen and oxygen atoms in total. The van der Waals surface area contributed by atoms with Crippen molar-refractivity contribution in [2.24, 2.45) is 0 Å². The minimum Gasteiger partial charge on any atom is -0.431 e. The topological polar surface area (TPSA) is 127 Å². The monoisotopic (exact) mass is 465 g/mol. The number of rotatable bonds is 8. The fourth-order valence-electron chi connectivity index (χ4n) is 3.46. The van der Waals surface area contributed by atoms with Gasteiger partial charge in [-0.1, -0.05) is 61.2 Å². The van der Waals surface area contributed by atoms with Gasteiger partial charge in [-0.15, -0.1) is 0 Å². The lowest BCUT2D eigenvalue weighted by Crippen LogP contribution is -2.42. The van der Waals surface area contributed by atoms with Crippen LogP contribution in [0.3, 0.4) is 0 Å². The third kappa shape index (κ3) is 4.85. The Morgan fingerprint density at radius 2 is 1.88 bits per heavy atom. The number of nitrogens with one attached hydrogen (secondary N) is 1. The van der Waals surface area contributed by atoms with E-state index in [1.807, 2.05) is 55.5 Å². The summed E-state index contributed by atoms with van der Waals surface area (Å²) in [6.07, 6.45) is 0.593. The average molecular weight is 466 g/mol. The first kappa shape index (κ1) is 22.4. The maximum absolute atomic E-state index is 13.1. The number of H-pyrrole nitrogens is 1. The second kappa shape index (κ2) is 9.78. The summed E-state index contributed by atoms with van der Waals surface area (Å²) in [6.45, 7) is 2.32. The highest BCUT2D eigenvalue weighted by atomic mass is 32.2.